The van der Waals surface area contributed by atoms with Gasteiger partial charge in [0.25, 0.3) is 0 Å². The molecule has 6 heteroatoms. The fourth-order valence-electron chi connectivity index (χ4n) is 2.11. The number of cyclic esters (lactones) is 1. The molecule has 1 amide bonds. The average Bonchev–Trinajstić information content (AvgIpc) is 3.10. The first kappa shape index (κ1) is 14.3. The Morgan fingerprint density at radius 1 is 1.32 bits per heavy atom. The SMILES string of the molecule is CC(=O)Nc1ccc(C2N/C(=C/c3cccs3)C(=O)O2)cc1. The number of amides is 1. The summed E-state index contributed by atoms with van der Waals surface area (Å²) in [6.45, 7) is 1.45. The van der Waals surface area contributed by atoms with Gasteiger partial charge in [-0.05, 0) is 29.7 Å². The Labute approximate surface area is 131 Å². The molecule has 0 radical (unpaired) electrons. The van der Waals surface area contributed by atoms with Gasteiger partial charge in [-0.15, -0.1) is 11.3 Å². The monoisotopic (exact) mass is 314 g/mol. The highest BCUT2D eigenvalue weighted by Crippen LogP contribution is 2.26. The van der Waals surface area contributed by atoms with E-state index < -0.39 is 6.23 Å². The van der Waals surface area contributed by atoms with Crippen molar-refractivity contribution in [2.24, 2.45) is 0 Å². The molecular formula is C16H14N2O3S. The van der Waals surface area contributed by atoms with Crippen LogP contribution in [0.5, 0.6) is 0 Å². The van der Waals surface area contributed by atoms with Crippen molar-refractivity contribution in [3.63, 3.8) is 0 Å². The van der Waals surface area contributed by atoms with Gasteiger partial charge in [-0.25, -0.2) is 4.79 Å². The Hall–Kier alpha value is -2.60. The second-order valence-corrected chi connectivity index (χ2v) is 5.79. The quantitative estimate of drug-likeness (QED) is 0.675. The highest BCUT2D eigenvalue weighted by molar-refractivity contribution is 7.10. The third kappa shape index (κ3) is 3.17. The van der Waals surface area contributed by atoms with Crippen LogP contribution in [0.25, 0.3) is 6.08 Å². The molecule has 0 bridgehead atoms. The van der Waals surface area contributed by atoms with Crippen LogP contribution in [0.1, 0.15) is 23.6 Å². The van der Waals surface area contributed by atoms with E-state index in [-0.39, 0.29) is 11.9 Å². The fraction of sp³-hybridized carbons (Fsp3) is 0.125. The molecule has 22 heavy (non-hydrogen) atoms. The van der Waals surface area contributed by atoms with Crippen molar-refractivity contribution in [2.45, 2.75) is 13.2 Å². The minimum atomic E-state index is -0.509. The topological polar surface area (TPSA) is 67.4 Å². The largest absolute Gasteiger partial charge is 0.433 e. The molecule has 2 aromatic rings. The number of anilines is 1. The van der Waals surface area contributed by atoms with Crippen molar-refractivity contribution >= 4 is 35.0 Å². The van der Waals surface area contributed by atoms with Crippen molar-refractivity contribution in [3.8, 4) is 0 Å². The van der Waals surface area contributed by atoms with Gasteiger partial charge in [0.15, 0.2) is 6.23 Å². The van der Waals surface area contributed by atoms with Gasteiger partial charge in [0.05, 0.1) is 0 Å². The van der Waals surface area contributed by atoms with Crippen molar-refractivity contribution < 1.29 is 14.3 Å². The van der Waals surface area contributed by atoms with Crippen molar-refractivity contribution in [3.05, 3.63) is 57.9 Å². The second-order valence-electron chi connectivity index (χ2n) is 4.81. The zero-order chi connectivity index (χ0) is 15.5. The normalized spacial score (nSPS) is 18.9. The van der Waals surface area contributed by atoms with Crippen molar-refractivity contribution in [2.75, 3.05) is 5.32 Å². The van der Waals surface area contributed by atoms with Crippen LogP contribution in [0.15, 0.2) is 47.5 Å². The predicted octanol–water partition coefficient (Wildman–Crippen LogP) is 2.89. The smallest absolute Gasteiger partial charge is 0.356 e. The van der Waals surface area contributed by atoms with Gasteiger partial charge in [0.1, 0.15) is 5.70 Å². The highest BCUT2D eigenvalue weighted by Gasteiger charge is 2.29. The number of esters is 1. The molecule has 2 N–H and O–H groups in total. The summed E-state index contributed by atoms with van der Waals surface area (Å²) >= 11 is 1.55. The van der Waals surface area contributed by atoms with Crippen molar-refractivity contribution in [1.29, 1.82) is 0 Å². The van der Waals surface area contributed by atoms with E-state index in [1.165, 1.54) is 6.92 Å². The number of ether oxygens (including phenoxy) is 1. The number of hydrogen-bond acceptors (Lipinski definition) is 5. The standard InChI is InChI=1S/C16H14N2O3S/c1-10(19)17-12-6-4-11(5-7-12)15-18-14(16(20)21-15)9-13-3-2-8-22-13/h2-9,15,18H,1H3,(H,17,19)/b14-9+. The predicted molar refractivity (Wildman–Crippen MR) is 85.0 cm³/mol. The van der Waals surface area contributed by atoms with E-state index in [2.05, 4.69) is 10.6 Å². The maximum Gasteiger partial charge on any atom is 0.356 e. The molecule has 1 saturated heterocycles. The molecule has 5 nitrogen and oxygen atoms in total. The molecule has 1 aliphatic rings. The lowest BCUT2D eigenvalue weighted by molar-refractivity contribution is -0.139. The van der Waals surface area contributed by atoms with Crippen LogP contribution in [-0.2, 0) is 14.3 Å². The molecule has 1 aliphatic heterocycles. The number of carbonyl (C=O) groups is 2. The Morgan fingerprint density at radius 3 is 2.73 bits per heavy atom. The van der Waals surface area contributed by atoms with Crippen molar-refractivity contribution in [1.82, 2.24) is 5.32 Å². The maximum absolute atomic E-state index is 11.9. The van der Waals surface area contributed by atoms with Gasteiger partial charge in [-0.3, -0.25) is 4.79 Å². The minimum Gasteiger partial charge on any atom is -0.433 e. The van der Waals surface area contributed by atoms with E-state index in [1.807, 2.05) is 29.6 Å². The molecule has 112 valence electrons. The molecule has 0 saturated carbocycles. The number of hydrogen-bond donors (Lipinski definition) is 2. The van der Waals surface area contributed by atoms with Gasteiger partial charge >= 0.3 is 5.97 Å². The zero-order valence-corrected chi connectivity index (χ0v) is 12.6. The Kier molecular flexibility index (Phi) is 3.93. The summed E-state index contributed by atoms with van der Waals surface area (Å²) in [5.74, 6) is -0.497. The van der Waals surface area contributed by atoms with Crippen LogP contribution in [0.2, 0.25) is 0 Å². The van der Waals surface area contributed by atoms with E-state index in [0.29, 0.717) is 11.4 Å². The third-order valence-electron chi connectivity index (χ3n) is 3.09. The third-order valence-corrected chi connectivity index (χ3v) is 3.91. The maximum atomic E-state index is 11.9. The van der Waals surface area contributed by atoms with Crippen LogP contribution in [-0.4, -0.2) is 11.9 Å². The van der Waals surface area contributed by atoms with E-state index in [0.717, 1.165) is 10.4 Å². The Balaban J connectivity index is 1.74. The zero-order valence-electron chi connectivity index (χ0n) is 11.8. The molecule has 1 fully saturated rings. The first-order chi connectivity index (χ1) is 10.6. The molecular weight excluding hydrogens is 300 g/mol. The molecule has 1 aromatic carbocycles. The van der Waals surface area contributed by atoms with Gasteiger partial charge in [0, 0.05) is 23.1 Å². The highest BCUT2D eigenvalue weighted by atomic mass is 32.1. The summed E-state index contributed by atoms with van der Waals surface area (Å²) in [5, 5.41) is 7.71. The van der Waals surface area contributed by atoms with Gasteiger partial charge in [-0.2, -0.15) is 0 Å². The Morgan fingerprint density at radius 2 is 2.09 bits per heavy atom. The van der Waals surface area contributed by atoms with Crippen LogP contribution in [0, 0.1) is 0 Å². The van der Waals surface area contributed by atoms with E-state index >= 15 is 0 Å². The lowest BCUT2D eigenvalue weighted by Gasteiger charge is -2.10. The molecule has 1 unspecified atom stereocenters. The summed E-state index contributed by atoms with van der Waals surface area (Å²) in [6, 6.07) is 11.0. The minimum absolute atomic E-state index is 0.126. The first-order valence-corrected chi connectivity index (χ1v) is 7.60. The van der Waals surface area contributed by atoms with Crippen LogP contribution >= 0.6 is 11.3 Å². The number of carbonyl (C=O) groups excluding carboxylic acids is 2. The lowest BCUT2D eigenvalue weighted by atomic mass is 10.2. The van der Waals surface area contributed by atoms with Crippen LogP contribution in [0.4, 0.5) is 5.69 Å². The summed E-state index contributed by atoms with van der Waals surface area (Å²) in [6.07, 6.45) is 1.27. The second kappa shape index (κ2) is 6.03. The number of thiophene rings is 1. The van der Waals surface area contributed by atoms with Crippen LogP contribution in [0.3, 0.4) is 0 Å². The van der Waals surface area contributed by atoms with Crippen LogP contribution < -0.4 is 10.6 Å². The molecule has 1 atom stereocenters. The Bertz CT molecular complexity index is 720. The number of benzene rings is 1. The summed E-state index contributed by atoms with van der Waals surface area (Å²) in [4.78, 5) is 23.9. The fourth-order valence-corrected chi connectivity index (χ4v) is 2.77. The summed E-state index contributed by atoms with van der Waals surface area (Å²) < 4.78 is 5.33. The number of rotatable bonds is 3. The average molecular weight is 314 g/mol. The first-order valence-electron chi connectivity index (χ1n) is 6.72. The van der Waals surface area contributed by atoms with E-state index in [1.54, 1.807) is 29.5 Å². The molecule has 0 aliphatic carbocycles. The lowest BCUT2D eigenvalue weighted by Crippen LogP contribution is -2.13. The summed E-state index contributed by atoms with van der Waals surface area (Å²) in [5.41, 5.74) is 1.96. The molecule has 2 heterocycles. The summed E-state index contributed by atoms with van der Waals surface area (Å²) in [7, 11) is 0. The van der Waals surface area contributed by atoms with Gasteiger partial charge in [0.2, 0.25) is 5.91 Å². The van der Waals surface area contributed by atoms with Gasteiger partial charge in [-0.1, -0.05) is 18.2 Å². The molecule has 1 aromatic heterocycles. The number of nitrogens with one attached hydrogen (secondary N) is 2. The van der Waals surface area contributed by atoms with Gasteiger partial charge < -0.3 is 15.4 Å². The molecule has 0 spiro atoms. The van der Waals surface area contributed by atoms with E-state index in [4.69, 9.17) is 4.74 Å². The molecule has 3 rings (SSSR count). The van der Waals surface area contributed by atoms with E-state index in [9.17, 15) is 9.59 Å².